The molecular formula is C5H11BrO2Zn. The number of halogens is 1. The molecule has 0 rings (SSSR count). The normalized spacial score (nSPS) is 10.1. The van der Waals surface area contributed by atoms with Gasteiger partial charge in [-0.1, -0.05) is 0 Å². The fourth-order valence-electron chi connectivity index (χ4n) is 0.0833. The van der Waals surface area contributed by atoms with Crippen LogP contribution in [0.15, 0.2) is 0 Å². The van der Waals surface area contributed by atoms with Gasteiger partial charge in [-0.2, -0.15) is 0 Å². The van der Waals surface area contributed by atoms with E-state index in [1.807, 2.05) is 0 Å². The summed E-state index contributed by atoms with van der Waals surface area (Å²) in [6.07, 6.45) is 0. The fourth-order valence-corrected chi connectivity index (χ4v) is 0.0833. The molecule has 0 spiro atoms. The molecular weight excluding hydrogens is 237 g/mol. The molecule has 0 aliphatic carbocycles. The second-order valence-corrected chi connectivity index (χ2v) is 1.54. The van der Waals surface area contributed by atoms with Crippen molar-refractivity contribution in [3.63, 3.8) is 0 Å². The number of methoxy groups -OCH3 is 2. The van der Waals surface area contributed by atoms with Crippen LogP contribution in [0.5, 0.6) is 0 Å². The van der Waals surface area contributed by atoms with Gasteiger partial charge in [-0.15, -0.1) is 0 Å². The van der Waals surface area contributed by atoms with E-state index in [4.69, 9.17) is 9.47 Å². The summed E-state index contributed by atoms with van der Waals surface area (Å²) in [5, 5.41) is 0. The van der Waals surface area contributed by atoms with Crippen molar-refractivity contribution in [2.24, 2.45) is 0 Å². The molecule has 0 aromatic carbocycles. The van der Waals surface area contributed by atoms with E-state index in [2.05, 4.69) is 20.5 Å². The standard InChI is InChI=1S/C5H11O2.BrH.Zn/c1-5(2,6-3)7-4;;/h1H2,2-4H3;1H;/q-1;;+2/p-1. The molecule has 52 valence electrons. The average molecular weight is 248 g/mol. The third-order valence-electron chi connectivity index (χ3n) is 0.864. The van der Waals surface area contributed by atoms with Gasteiger partial charge >= 0.3 is 30.0 Å². The molecule has 0 unspecified atom stereocenters. The van der Waals surface area contributed by atoms with Crippen LogP contribution in [0.2, 0.25) is 0 Å². The van der Waals surface area contributed by atoms with Crippen molar-refractivity contribution < 1.29 is 25.8 Å². The van der Waals surface area contributed by atoms with Crippen LogP contribution in [-0.4, -0.2) is 20.0 Å². The third-order valence-corrected chi connectivity index (χ3v) is 0.864. The molecule has 0 N–H and O–H groups in total. The van der Waals surface area contributed by atoms with E-state index in [0.29, 0.717) is 0 Å². The van der Waals surface area contributed by atoms with E-state index in [0.717, 1.165) is 0 Å². The zero-order valence-electron chi connectivity index (χ0n) is 6.11. The van der Waals surface area contributed by atoms with Crippen LogP contribution >= 0.6 is 13.6 Å². The molecule has 0 atom stereocenters. The summed E-state index contributed by atoms with van der Waals surface area (Å²) < 4.78 is 9.51. The van der Waals surface area contributed by atoms with Crippen molar-refractivity contribution in [1.82, 2.24) is 0 Å². The molecule has 0 saturated carbocycles. The average Bonchev–Trinajstić information content (AvgIpc) is 1.93. The first-order valence-corrected chi connectivity index (χ1v) is 9.29. The second-order valence-electron chi connectivity index (χ2n) is 1.54. The molecule has 4 heteroatoms. The zero-order chi connectivity index (χ0) is 7.91. The van der Waals surface area contributed by atoms with Crippen molar-refractivity contribution in [2.75, 3.05) is 14.2 Å². The summed E-state index contributed by atoms with van der Waals surface area (Å²) in [5.41, 5.74) is 0. The van der Waals surface area contributed by atoms with Gasteiger partial charge in [0.15, 0.2) is 0 Å². The number of ether oxygens (including phenoxy) is 2. The predicted octanol–water partition coefficient (Wildman–Crippen LogP) is 1.67. The van der Waals surface area contributed by atoms with Gasteiger partial charge in [0.25, 0.3) is 0 Å². The van der Waals surface area contributed by atoms with Crippen molar-refractivity contribution in [3.8, 4) is 0 Å². The second kappa shape index (κ2) is 7.13. The van der Waals surface area contributed by atoms with Crippen LogP contribution in [0, 0.1) is 6.92 Å². The topological polar surface area (TPSA) is 18.5 Å². The molecule has 0 aliphatic rings. The molecule has 9 heavy (non-hydrogen) atoms. The maximum absolute atomic E-state index is 4.75. The monoisotopic (exact) mass is 246 g/mol. The fraction of sp³-hybridized carbons (Fsp3) is 0.800. The summed E-state index contributed by atoms with van der Waals surface area (Å²) in [6, 6.07) is 0. The van der Waals surface area contributed by atoms with E-state index in [-0.39, 0.29) is 0 Å². The Morgan fingerprint density at radius 3 is 1.56 bits per heavy atom. The SMILES string of the molecule is [CH2-]C(C)(OC)OC.[Zn+][Br]. The number of hydrogen-bond donors (Lipinski definition) is 0. The van der Waals surface area contributed by atoms with Gasteiger partial charge in [0, 0.05) is 20.0 Å². The van der Waals surface area contributed by atoms with Gasteiger partial charge < -0.3 is 9.47 Å². The minimum atomic E-state index is -0.667. The summed E-state index contributed by atoms with van der Waals surface area (Å²) >= 11 is 4.25. The Balaban J connectivity index is 0. The quantitative estimate of drug-likeness (QED) is 0.420. The summed E-state index contributed by atoms with van der Waals surface area (Å²) in [6.45, 7) is 5.31. The number of hydrogen-bond acceptors (Lipinski definition) is 2. The molecule has 0 aromatic heterocycles. The molecule has 0 aromatic rings. The van der Waals surface area contributed by atoms with Crippen molar-refractivity contribution in [1.29, 1.82) is 0 Å². The first-order valence-electron chi connectivity index (χ1n) is 2.35. The van der Waals surface area contributed by atoms with Gasteiger partial charge in [-0.3, -0.25) is 6.92 Å². The molecule has 0 bridgehead atoms. The van der Waals surface area contributed by atoms with Crippen LogP contribution in [0.4, 0.5) is 0 Å². The Labute approximate surface area is 73.3 Å². The molecule has 0 fully saturated rings. The van der Waals surface area contributed by atoms with Gasteiger partial charge in [-0.25, -0.2) is 0 Å². The third kappa shape index (κ3) is 9.02. The Morgan fingerprint density at radius 2 is 1.56 bits per heavy atom. The predicted molar refractivity (Wildman–Crippen MR) is 36.7 cm³/mol. The molecule has 2 nitrogen and oxygen atoms in total. The molecule has 0 aliphatic heterocycles. The van der Waals surface area contributed by atoms with E-state index < -0.39 is 5.79 Å². The first-order chi connectivity index (χ1) is 4.12. The van der Waals surface area contributed by atoms with Gasteiger partial charge in [-0.05, 0) is 6.92 Å². The Hall–Kier alpha value is 1.02. The number of rotatable bonds is 2. The molecule has 0 radical (unpaired) electrons. The summed E-state index contributed by atoms with van der Waals surface area (Å²) in [5.74, 6) is -0.667. The van der Waals surface area contributed by atoms with E-state index in [9.17, 15) is 0 Å². The van der Waals surface area contributed by atoms with Gasteiger partial charge in [0.05, 0.1) is 0 Å². The summed E-state index contributed by atoms with van der Waals surface area (Å²) in [4.78, 5) is 0. The molecule has 0 amide bonds. The Kier molecular flexibility index (Phi) is 10.0. The molecule has 0 heterocycles. The van der Waals surface area contributed by atoms with Gasteiger partial charge in [0.1, 0.15) is 0 Å². The van der Waals surface area contributed by atoms with Crippen molar-refractivity contribution in [3.05, 3.63) is 6.92 Å². The van der Waals surface area contributed by atoms with Crippen LogP contribution in [-0.2, 0) is 25.8 Å². The zero-order valence-corrected chi connectivity index (χ0v) is 10.7. The van der Waals surface area contributed by atoms with Crippen LogP contribution < -0.4 is 0 Å². The Morgan fingerprint density at radius 1 is 1.33 bits per heavy atom. The molecule has 0 saturated heterocycles. The first kappa shape index (κ1) is 12.7. The van der Waals surface area contributed by atoms with Crippen molar-refractivity contribution >= 4 is 13.6 Å². The van der Waals surface area contributed by atoms with Crippen molar-refractivity contribution in [2.45, 2.75) is 12.7 Å². The van der Waals surface area contributed by atoms with Crippen LogP contribution in [0.1, 0.15) is 6.92 Å². The van der Waals surface area contributed by atoms with Crippen LogP contribution in [0.25, 0.3) is 0 Å². The maximum atomic E-state index is 4.75. The van der Waals surface area contributed by atoms with E-state index in [1.54, 1.807) is 21.1 Å². The summed E-state index contributed by atoms with van der Waals surface area (Å²) in [7, 11) is 3.10. The van der Waals surface area contributed by atoms with Gasteiger partial charge in [0.2, 0.25) is 0 Å². The Bertz CT molecular complexity index is 52.9. The van der Waals surface area contributed by atoms with E-state index >= 15 is 0 Å². The van der Waals surface area contributed by atoms with Crippen LogP contribution in [0.3, 0.4) is 0 Å². The minimum absolute atomic E-state index is 0.667. The van der Waals surface area contributed by atoms with E-state index in [1.165, 1.54) is 16.3 Å².